The Morgan fingerprint density at radius 2 is 1.81 bits per heavy atom. The Morgan fingerprint density at radius 1 is 1.06 bits per heavy atom. The number of ether oxygens (including phenoxy) is 1. The molecule has 186 valence electrons. The van der Waals surface area contributed by atoms with Gasteiger partial charge in [-0.3, -0.25) is 4.79 Å². The van der Waals surface area contributed by atoms with Crippen molar-refractivity contribution in [2.45, 2.75) is 19.6 Å². The summed E-state index contributed by atoms with van der Waals surface area (Å²) < 4.78 is 75.0. The van der Waals surface area contributed by atoms with Crippen LogP contribution < -0.4 is 15.8 Å². The first-order valence-corrected chi connectivity index (χ1v) is 10.5. The van der Waals surface area contributed by atoms with Crippen LogP contribution in [0.5, 0.6) is 11.5 Å². The molecule has 0 atom stereocenters. The van der Waals surface area contributed by atoms with Gasteiger partial charge in [0.1, 0.15) is 23.1 Å². The number of benzene rings is 3. The molecule has 6 nitrogen and oxygen atoms in total. The maximum Gasteiger partial charge on any atom is 0.416 e. The zero-order valence-corrected chi connectivity index (χ0v) is 18.7. The third kappa shape index (κ3) is 5.45. The maximum atomic E-state index is 14.4. The van der Waals surface area contributed by atoms with Gasteiger partial charge in [0.25, 0.3) is 5.91 Å². The highest BCUT2D eigenvalue weighted by Crippen LogP contribution is 2.35. The molecule has 4 aromatic rings. The fourth-order valence-electron chi connectivity index (χ4n) is 3.45. The lowest BCUT2D eigenvalue weighted by Gasteiger charge is -2.16. The first kappa shape index (κ1) is 24.7. The van der Waals surface area contributed by atoms with E-state index in [1.165, 1.54) is 35.0 Å². The number of nitrogens with zero attached hydrogens (tertiary/aromatic N) is 2. The second-order valence-electron chi connectivity index (χ2n) is 7.89. The lowest BCUT2D eigenvalue weighted by molar-refractivity contribution is -0.137. The SMILES string of the molecule is Cc1cc(F)ccc1Oc1ccc(C(F)(F)F)cc1C(=O)Nc1ccc(F)c(Cn2ccnc2N)c1. The molecule has 0 bridgehead atoms. The molecule has 1 aromatic heterocycles. The minimum Gasteiger partial charge on any atom is -0.456 e. The number of aryl methyl sites for hydroxylation is 1. The quantitative estimate of drug-likeness (QED) is 0.309. The Labute approximate surface area is 202 Å². The number of aromatic nitrogens is 2. The van der Waals surface area contributed by atoms with E-state index in [0.717, 1.165) is 24.3 Å². The van der Waals surface area contributed by atoms with Gasteiger partial charge in [-0.1, -0.05) is 0 Å². The van der Waals surface area contributed by atoms with E-state index >= 15 is 0 Å². The molecule has 1 heterocycles. The van der Waals surface area contributed by atoms with Crippen molar-refractivity contribution in [3.63, 3.8) is 0 Å². The number of anilines is 2. The standard InChI is InChI=1S/C25H19F5N4O2/c1-14-10-17(26)3-7-21(14)36-22-6-2-16(25(28,29)30)12-19(22)23(35)33-18-4-5-20(27)15(11-18)13-34-9-8-32-24(34)31/h2-12H,13H2,1H3,(H2,31,32)(H,33,35). The Hall–Kier alpha value is -4.41. The van der Waals surface area contributed by atoms with Crippen molar-refractivity contribution in [1.82, 2.24) is 9.55 Å². The Morgan fingerprint density at radius 3 is 2.47 bits per heavy atom. The van der Waals surface area contributed by atoms with Gasteiger partial charge < -0.3 is 20.4 Å². The molecule has 36 heavy (non-hydrogen) atoms. The number of alkyl halides is 3. The van der Waals surface area contributed by atoms with Crippen LogP contribution in [0.1, 0.15) is 27.0 Å². The average molecular weight is 502 g/mol. The molecule has 0 spiro atoms. The molecule has 3 aromatic carbocycles. The summed E-state index contributed by atoms with van der Waals surface area (Å²) in [5.41, 5.74) is 4.91. The van der Waals surface area contributed by atoms with Crippen molar-refractivity contribution in [3.8, 4) is 11.5 Å². The summed E-state index contributed by atoms with van der Waals surface area (Å²) in [7, 11) is 0. The van der Waals surface area contributed by atoms with Gasteiger partial charge in [0, 0.05) is 23.6 Å². The molecule has 0 saturated heterocycles. The zero-order valence-electron chi connectivity index (χ0n) is 18.7. The lowest BCUT2D eigenvalue weighted by Crippen LogP contribution is -2.16. The number of halogens is 5. The minimum atomic E-state index is -4.72. The van der Waals surface area contributed by atoms with E-state index in [2.05, 4.69) is 10.3 Å². The molecule has 0 aliphatic heterocycles. The van der Waals surface area contributed by atoms with Gasteiger partial charge in [0.05, 0.1) is 17.7 Å². The van der Waals surface area contributed by atoms with Crippen LogP contribution in [0.2, 0.25) is 0 Å². The van der Waals surface area contributed by atoms with Crippen molar-refractivity contribution < 1.29 is 31.5 Å². The minimum absolute atomic E-state index is 0.0170. The summed E-state index contributed by atoms with van der Waals surface area (Å²) in [5, 5.41) is 2.48. The highest BCUT2D eigenvalue weighted by atomic mass is 19.4. The largest absolute Gasteiger partial charge is 0.456 e. The molecule has 0 saturated carbocycles. The lowest BCUT2D eigenvalue weighted by atomic mass is 10.1. The van der Waals surface area contributed by atoms with Crippen LogP contribution in [0.4, 0.5) is 33.6 Å². The molecular weight excluding hydrogens is 483 g/mol. The topological polar surface area (TPSA) is 82.2 Å². The Balaban J connectivity index is 1.66. The number of carbonyl (C=O) groups is 1. The zero-order chi connectivity index (χ0) is 26.0. The van der Waals surface area contributed by atoms with Crippen molar-refractivity contribution >= 4 is 17.5 Å². The van der Waals surface area contributed by atoms with Crippen LogP contribution in [0, 0.1) is 18.6 Å². The maximum absolute atomic E-state index is 14.4. The Kier molecular flexibility index (Phi) is 6.65. The summed E-state index contributed by atoms with van der Waals surface area (Å²) in [6.45, 7) is 1.57. The van der Waals surface area contributed by atoms with Gasteiger partial charge in [-0.25, -0.2) is 13.8 Å². The summed E-state index contributed by atoms with van der Waals surface area (Å²) in [6.07, 6.45) is -1.73. The van der Waals surface area contributed by atoms with E-state index < -0.39 is 34.8 Å². The Bertz CT molecular complexity index is 1430. The van der Waals surface area contributed by atoms with Gasteiger partial charge >= 0.3 is 6.18 Å². The van der Waals surface area contributed by atoms with Crippen molar-refractivity contribution in [2.75, 3.05) is 11.1 Å². The van der Waals surface area contributed by atoms with E-state index in [1.807, 2.05) is 0 Å². The second-order valence-corrected chi connectivity index (χ2v) is 7.89. The number of nitrogen functional groups attached to an aromatic ring is 1. The summed E-state index contributed by atoms with van der Waals surface area (Å²) in [6, 6.07) is 9.78. The monoisotopic (exact) mass is 502 g/mol. The van der Waals surface area contributed by atoms with Crippen molar-refractivity contribution in [3.05, 3.63) is 101 Å². The third-order valence-electron chi connectivity index (χ3n) is 5.30. The van der Waals surface area contributed by atoms with Crippen LogP contribution >= 0.6 is 0 Å². The summed E-state index contributed by atoms with van der Waals surface area (Å²) in [5.74, 6) is -1.87. The van der Waals surface area contributed by atoms with Gasteiger partial charge in [0.15, 0.2) is 5.95 Å². The van der Waals surface area contributed by atoms with E-state index in [4.69, 9.17) is 10.5 Å². The molecule has 0 aliphatic carbocycles. The fourth-order valence-corrected chi connectivity index (χ4v) is 3.45. The average Bonchev–Trinajstić information content (AvgIpc) is 3.21. The molecule has 4 rings (SSSR count). The highest BCUT2D eigenvalue weighted by Gasteiger charge is 2.32. The summed E-state index contributed by atoms with van der Waals surface area (Å²) >= 11 is 0. The number of nitrogens with one attached hydrogen (secondary N) is 1. The van der Waals surface area contributed by atoms with E-state index in [1.54, 1.807) is 13.1 Å². The number of amides is 1. The smallest absolute Gasteiger partial charge is 0.416 e. The number of hydrogen-bond acceptors (Lipinski definition) is 4. The van der Waals surface area contributed by atoms with Gasteiger partial charge in [-0.2, -0.15) is 13.2 Å². The number of nitrogens with two attached hydrogens (primary N) is 1. The number of carbonyl (C=O) groups excluding carboxylic acids is 1. The first-order valence-electron chi connectivity index (χ1n) is 10.5. The summed E-state index contributed by atoms with van der Waals surface area (Å²) in [4.78, 5) is 16.9. The molecule has 11 heteroatoms. The molecule has 3 N–H and O–H groups in total. The van der Waals surface area contributed by atoms with E-state index in [9.17, 15) is 26.7 Å². The highest BCUT2D eigenvalue weighted by molar-refractivity contribution is 6.06. The van der Waals surface area contributed by atoms with Crippen LogP contribution in [-0.4, -0.2) is 15.5 Å². The number of hydrogen-bond donors (Lipinski definition) is 2. The fraction of sp³-hybridized carbons (Fsp3) is 0.120. The molecule has 0 radical (unpaired) electrons. The molecule has 0 unspecified atom stereocenters. The predicted octanol–water partition coefficient (Wildman–Crippen LogP) is 6.16. The van der Waals surface area contributed by atoms with Gasteiger partial charge in [-0.05, 0) is 67.1 Å². The van der Waals surface area contributed by atoms with Gasteiger partial charge in [0.2, 0.25) is 0 Å². The van der Waals surface area contributed by atoms with Crippen LogP contribution in [0.15, 0.2) is 67.0 Å². The van der Waals surface area contributed by atoms with E-state index in [-0.39, 0.29) is 35.2 Å². The molecule has 0 aliphatic rings. The van der Waals surface area contributed by atoms with Crippen LogP contribution in [0.25, 0.3) is 0 Å². The second kappa shape index (κ2) is 9.68. The first-order chi connectivity index (χ1) is 17.0. The normalized spacial score (nSPS) is 11.4. The number of rotatable bonds is 6. The van der Waals surface area contributed by atoms with Crippen molar-refractivity contribution in [1.29, 1.82) is 0 Å². The van der Waals surface area contributed by atoms with E-state index in [0.29, 0.717) is 11.6 Å². The predicted molar refractivity (Wildman–Crippen MR) is 123 cm³/mol. The van der Waals surface area contributed by atoms with Crippen LogP contribution in [-0.2, 0) is 12.7 Å². The molecule has 1 amide bonds. The van der Waals surface area contributed by atoms with Gasteiger partial charge in [-0.15, -0.1) is 0 Å². The number of imidazole rings is 1. The van der Waals surface area contributed by atoms with Crippen molar-refractivity contribution in [2.24, 2.45) is 0 Å². The third-order valence-corrected chi connectivity index (χ3v) is 5.30. The molecular formula is C25H19F5N4O2. The molecule has 0 fully saturated rings. The van der Waals surface area contributed by atoms with Crippen LogP contribution in [0.3, 0.4) is 0 Å².